The van der Waals surface area contributed by atoms with Crippen molar-refractivity contribution in [3.8, 4) is 5.88 Å². The number of ketones is 1. The number of nitrogens with zero attached hydrogens (tertiary/aromatic N) is 2. The summed E-state index contributed by atoms with van der Waals surface area (Å²) in [5.41, 5.74) is 7.39. The van der Waals surface area contributed by atoms with Gasteiger partial charge in [-0.3, -0.25) is 4.79 Å². The van der Waals surface area contributed by atoms with Crippen molar-refractivity contribution in [2.45, 2.75) is 79.1 Å². The van der Waals surface area contributed by atoms with Crippen molar-refractivity contribution < 1.29 is 9.53 Å². The molecule has 0 fully saturated rings. The van der Waals surface area contributed by atoms with Crippen molar-refractivity contribution in [2.24, 2.45) is 7.05 Å². The zero-order valence-corrected chi connectivity index (χ0v) is 18.5. The van der Waals surface area contributed by atoms with Crippen molar-refractivity contribution in [2.75, 3.05) is 6.61 Å². The first-order valence-electron chi connectivity index (χ1n) is 10.5. The summed E-state index contributed by atoms with van der Waals surface area (Å²) < 4.78 is 7.67. The summed E-state index contributed by atoms with van der Waals surface area (Å²) in [5, 5.41) is 4.48. The lowest BCUT2D eigenvalue weighted by atomic mass is 9.68. The molecule has 152 valence electrons. The highest BCUT2D eigenvalue weighted by Crippen LogP contribution is 2.42. The summed E-state index contributed by atoms with van der Waals surface area (Å²) in [6.07, 6.45) is 5.50. The number of benzene rings is 1. The minimum absolute atomic E-state index is 0.0295. The van der Waals surface area contributed by atoms with Crippen LogP contribution in [0.3, 0.4) is 0 Å². The first-order valence-corrected chi connectivity index (χ1v) is 10.5. The molecule has 3 rings (SSSR count). The normalized spacial score (nSPS) is 15.4. The van der Waals surface area contributed by atoms with Crippen LogP contribution >= 0.6 is 0 Å². The molecule has 1 aliphatic carbocycles. The number of hydrogen-bond acceptors (Lipinski definition) is 3. The van der Waals surface area contributed by atoms with Crippen LogP contribution in [0.4, 0.5) is 0 Å². The van der Waals surface area contributed by atoms with E-state index in [9.17, 15) is 4.79 Å². The Kier molecular flexibility index (Phi) is 5.69. The second-order valence-electron chi connectivity index (χ2n) is 8.88. The Labute approximate surface area is 169 Å². The number of hydrogen-bond donors (Lipinski definition) is 0. The number of unbranched alkanes of at least 4 members (excludes halogenated alkanes) is 1. The molecule has 2 aromatic rings. The van der Waals surface area contributed by atoms with Gasteiger partial charge in [0.25, 0.3) is 0 Å². The maximum absolute atomic E-state index is 13.7. The first-order chi connectivity index (χ1) is 13.2. The van der Waals surface area contributed by atoms with Gasteiger partial charge in [-0.2, -0.15) is 5.10 Å². The number of fused-ring (bicyclic) bond motifs is 1. The van der Waals surface area contributed by atoms with Gasteiger partial charge in [0.2, 0.25) is 11.7 Å². The van der Waals surface area contributed by atoms with Crippen LogP contribution in [0.2, 0.25) is 0 Å². The summed E-state index contributed by atoms with van der Waals surface area (Å²) in [7, 11) is 1.85. The molecule has 1 heterocycles. The summed E-state index contributed by atoms with van der Waals surface area (Å²) in [6, 6.07) is 2.08. The van der Waals surface area contributed by atoms with Crippen molar-refractivity contribution in [3.63, 3.8) is 0 Å². The molecule has 0 N–H and O–H groups in total. The van der Waals surface area contributed by atoms with E-state index in [1.54, 1.807) is 4.68 Å². The third-order valence-corrected chi connectivity index (χ3v) is 6.20. The molecule has 0 spiro atoms. The molecule has 0 atom stereocenters. The molecule has 0 saturated heterocycles. The molecule has 0 amide bonds. The van der Waals surface area contributed by atoms with Crippen LogP contribution < -0.4 is 4.74 Å². The number of ether oxygens (including phenoxy) is 1. The number of carbonyl (C=O) groups excluding carboxylic acids is 1. The fraction of sp³-hybridized carbons (Fsp3) is 0.583. The minimum Gasteiger partial charge on any atom is -0.477 e. The smallest absolute Gasteiger partial charge is 0.223 e. The van der Waals surface area contributed by atoms with Crippen molar-refractivity contribution >= 4 is 5.78 Å². The lowest BCUT2D eigenvalue weighted by molar-refractivity contribution is 0.103. The van der Waals surface area contributed by atoms with Crippen molar-refractivity contribution in [1.29, 1.82) is 0 Å². The van der Waals surface area contributed by atoms with E-state index in [2.05, 4.69) is 45.8 Å². The summed E-state index contributed by atoms with van der Waals surface area (Å²) >= 11 is 0. The Hall–Kier alpha value is -2.10. The predicted octanol–water partition coefficient (Wildman–Crippen LogP) is 5.37. The van der Waals surface area contributed by atoms with Gasteiger partial charge in [-0.15, -0.1) is 0 Å². The minimum atomic E-state index is 0.0295. The van der Waals surface area contributed by atoms with E-state index in [0.717, 1.165) is 42.5 Å². The zero-order valence-electron chi connectivity index (χ0n) is 18.5. The molecule has 4 heteroatoms. The lowest BCUT2D eigenvalue weighted by Crippen LogP contribution is -2.27. The largest absolute Gasteiger partial charge is 0.477 e. The van der Waals surface area contributed by atoms with Gasteiger partial charge in [-0.25, -0.2) is 4.68 Å². The SMILES string of the molecule is CCCCOc1c(C(=O)c2cc(C)c3c(c2C)C(C)(C)CCC3)c(C)nn1C. The Morgan fingerprint density at radius 2 is 2.00 bits per heavy atom. The van der Waals surface area contributed by atoms with Gasteiger partial charge < -0.3 is 4.74 Å². The van der Waals surface area contributed by atoms with Crippen LogP contribution in [0.15, 0.2) is 6.07 Å². The standard InChI is InChI=1S/C24H34N2O2/c1-8-9-13-28-23-20(17(4)25-26(23)7)22(27)19-14-15(2)18-11-10-12-24(5,6)21(18)16(19)3/h14H,8-13H2,1-7H3. The fourth-order valence-electron chi connectivity index (χ4n) is 4.79. The Morgan fingerprint density at radius 1 is 1.29 bits per heavy atom. The van der Waals surface area contributed by atoms with Gasteiger partial charge in [0, 0.05) is 12.6 Å². The van der Waals surface area contributed by atoms with Crippen molar-refractivity contribution in [3.05, 3.63) is 45.1 Å². The zero-order chi connectivity index (χ0) is 20.6. The second kappa shape index (κ2) is 7.73. The second-order valence-corrected chi connectivity index (χ2v) is 8.88. The molecule has 0 unspecified atom stereocenters. The maximum atomic E-state index is 13.7. The molecule has 4 nitrogen and oxygen atoms in total. The van der Waals surface area contributed by atoms with Crippen LogP contribution in [0.5, 0.6) is 5.88 Å². The van der Waals surface area contributed by atoms with Gasteiger partial charge in [0.15, 0.2) is 0 Å². The predicted molar refractivity (Wildman–Crippen MR) is 114 cm³/mol. The van der Waals surface area contributed by atoms with E-state index in [1.807, 2.05) is 14.0 Å². The van der Waals surface area contributed by atoms with Gasteiger partial charge in [-0.05, 0) is 80.2 Å². The Bertz CT molecular complexity index is 906. The van der Waals surface area contributed by atoms with Crippen LogP contribution in [0, 0.1) is 20.8 Å². The highest BCUT2D eigenvalue weighted by molar-refractivity contribution is 6.12. The third-order valence-electron chi connectivity index (χ3n) is 6.20. The molecule has 0 radical (unpaired) electrons. The van der Waals surface area contributed by atoms with E-state index >= 15 is 0 Å². The van der Waals surface area contributed by atoms with Crippen LogP contribution in [0.1, 0.15) is 90.3 Å². The third kappa shape index (κ3) is 3.49. The summed E-state index contributed by atoms with van der Waals surface area (Å²) in [5.74, 6) is 0.617. The molecule has 1 aromatic carbocycles. The van der Waals surface area contributed by atoms with E-state index in [4.69, 9.17) is 4.74 Å². The molecule has 0 aliphatic heterocycles. The maximum Gasteiger partial charge on any atom is 0.223 e. The van der Waals surface area contributed by atoms with Gasteiger partial charge >= 0.3 is 0 Å². The molecule has 0 bridgehead atoms. The number of aromatic nitrogens is 2. The Balaban J connectivity index is 2.11. The number of aryl methyl sites for hydroxylation is 3. The van der Waals surface area contributed by atoms with Crippen LogP contribution in [-0.4, -0.2) is 22.2 Å². The summed E-state index contributed by atoms with van der Waals surface area (Å²) in [4.78, 5) is 13.7. The van der Waals surface area contributed by atoms with Gasteiger partial charge in [-0.1, -0.05) is 27.2 Å². The number of rotatable bonds is 6. The Morgan fingerprint density at radius 3 is 2.68 bits per heavy atom. The van der Waals surface area contributed by atoms with Crippen molar-refractivity contribution in [1.82, 2.24) is 9.78 Å². The molecule has 1 aromatic heterocycles. The fourth-order valence-corrected chi connectivity index (χ4v) is 4.79. The highest BCUT2D eigenvalue weighted by Gasteiger charge is 2.33. The highest BCUT2D eigenvalue weighted by atomic mass is 16.5. The topological polar surface area (TPSA) is 44.1 Å². The monoisotopic (exact) mass is 382 g/mol. The first kappa shape index (κ1) is 20.6. The van der Waals surface area contributed by atoms with E-state index in [-0.39, 0.29) is 11.2 Å². The van der Waals surface area contributed by atoms with Gasteiger partial charge in [0.05, 0.1) is 12.3 Å². The molecular weight excluding hydrogens is 348 g/mol. The number of carbonyl (C=O) groups is 1. The average molecular weight is 383 g/mol. The van der Waals surface area contributed by atoms with E-state index < -0.39 is 0 Å². The van der Waals surface area contributed by atoms with E-state index in [0.29, 0.717) is 18.1 Å². The molecular formula is C24H34N2O2. The van der Waals surface area contributed by atoms with Crippen LogP contribution in [0.25, 0.3) is 0 Å². The molecule has 1 aliphatic rings. The lowest BCUT2D eigenvalue weighted by Gasteiger charge is -2.36. The average Bonchev–Trinajstić information content (AvgIpc) is 2.90. The summed E-state index contributed by atoms with van der Waals surface area (Å²) in [6.45, 7) is 13.5. The molecule has 0 saturated carbocycles. The van der Waals surface area contributed by atoms with E-state index in [1.165, 1.54) is 23.1 Å². The van der Waals surface area contributed by atoms with Gasteiger partial charge in [0.1, 0.15) is 5.56 Å². The quantitative estimate of drug-likeness (QED) is 0.498. The van der Waals surface area contributed by atoms with Crippen LogP contribution in [-0.2, 0) is 18.9 Å². The molecule has 28 heavy (non-hydrogen) atoms.